The maximum absolute atomic E-state index is 13.8. The van der Waals surface area contributed by atoms with Crippen molar-refractivity contribution in [3.05, 3.63) is 76.5 Å². The lowest BCUT2D eigenvalue weighted by Gasteiger charge is -2.26. The standard InChI is InChI=1S/C29H29Cl2N5O6S/c1-29(2,3)42-27(37)18-36(43(39,40)23-16-20(30)15-21(31)17-23)22-4-6-25-19(14-22)8-9-35(25)26-7-5-24(32-33-26)28(38)34-10-12-41-13-11-34/h4-9,14-17H,10-13,18H2,1-3H3. The summed E-state index contributed by atoms with van der Waals surface area (Å²) in [5, 5.41) is 9.33. The maximum atomic E-state index is 13.8. The number of anilines is 1. The molecule has 1 fully saturated rings. The van der Waals surface area contributed by atoms with Crippen LogP contribution in [0.1, 0.15) is 31.3 Å². The van der Waals surface area contributed by atoms with Gasteiger partial charge in [-0.1, -0.05) is 23.2 Å². The molecule has 1 aliphatic rings. The number of benzene rings is 2. The van der Waals surface area contributed by atoms with Gasteiger partial charge in [-0.15, -0.1) is 10.2 Å². The van der Waals surface area contributed by atoms with Gasteiger partial charge in [0, 0.05) is 34.7 Å². The van der Waals surface area contributed by atoms with Crippen LogP contribution in [0.4, 0.5) is 5.69 Å². The second-order valence-electron chi connectivity index (χ2n) is 10.8. The van der Waals surface area contributed by atoms with E-state index in [0.29, 0.717) is 43.0 Å². The molecule has 5 rings (SSSR count). The molecule has 0 saturated carbocycles. The van der Waals surface area contributed by atoms with Gasteiger partial charge < -0.3 is 14.4 Å². The quantitative estimate of drug-likeness (QED) is 0.264. The molecule has 3 heterocycles. The first kappa shape index (κ1) is 30.7. The smallest absolute Gasteiger partial charge is 0.327 e. The SMILES string of the molecule is CC(C)(C)OC(=O)CN(c1ccc2c(ccn2-c2ccc(C(=O)N3CCOCC3)nn2)c1)S(=O)(=O)c1cc(Cl)cc(Cl)c1. The van der Waals surface area contributed by atoms with Gasteiger partial charge in [0.05, 0.1) is 29.3 Å². The summed E-state index contributed by atoms with van der Waals surface area (Å²) in [6, 6.07) is 14.0. The number of fused-ring (bicyclic) bond motifs is 1. The second kappa shape index (κ2) is 12.1. The lowest BCUT2D eigenvalue weighted by atomic mass is 10.2. The number of sulfonamides is 1. The Hall–Kier alpha value is -3.71. The number of nitrogens with zero attached hydrogens (tertiary/aromatic N) is 5. The molecule has 2 aromatic heterocycles. The van der Waals surface area contributed by atoms with Crippen LogP contribution < -0.4 is 4.31 Å². The molecule has 0 radical (unpaired) electrons. The van der Waals surface area contributed by atoms with Gasteiger partial charge in [0.1, 0.15) is 12.1 Å². The summed E-state index contributed by atoms with van der Waals surface area (Å²) in [6.07, 6.45) is 1.76. The maximum Gasteiger partial charge on any atom is 0.327 e. The van der Waals surface area contributed by atoms with E-state index < -0.39 is 28.1 Å². The molecular formula is C29H29Cl2N5O6S. The number of esters is 1. The summed E-state index contributed by atoms with van der Waals surface area (Å²) in [5.74, 6) is -0.478. The topological polar surface area (TPSA) is 124 Å². The highest BCUT2D eigenvalue weighted by atomic mass is 35.5. The molecule has 11 nitrogen and oxygen atoms in total. The number of amides is 1. The van der Waals surface area contributed by atoms with E-state index in [1.54, 1.807) is 72.8 Å². The molecule has 1 amide bonds. The number of hydrogen-bond donors (Lipinski definition) is 0. The van der Waals surface area contributed by atoms with E-state index in [9.17, 15) is 18.0 Å². The Bertz CT molecular complexity index is 1760. The third kappa shape index (κ3) is 6.93. The van der Waals surface area contributed by atoms with Crippen molar-refractivity contribution in [2.45, 2.75) is 31.3 Å². The third-order valence-corrected chi connectivity index (χ3v) is 8.68. The van der Waals surface area contributed by atoms with Gasteiger partial charge >= 0.3 is 5.97 Å². The largest absolute Gasteiger partial charge is 0.459 e. The van der Waals surface area contributed by atoms with Crippen LogP contribution in [0.3, 0.4) is 0 Å². The van der Waals surface area contributed by atoms with E-state index in [0.717, 1.165) is 4.31 Å². The summed E-state index contributed by atoms with van der Waals surface area (Å²) in [5.41, 5.74) is 0.333. The fourth-order valence-corrected chi connectivity index (χ4v) is 6.72. The van der Waals surface area contributed by atoms with Crippen molar-refractivity contribution in [1.29, 1.82) is 0 Å². The molecule has 1 saturated heterocycles. The molecule has 43 heavy (non-hydrogen) atoms. The highest BCUT2D eigenvalue weighted by Gasteiger charge is 2.30. The van der Waals surface area contributed by atoms with Crippen molar-refractivity contribution < 1.29 is 27.5 Å². The molecule has 226 valence electrons. The molecule has 0 aliphatic carbocycles. The first-order valence-electron chi connectivity index (χ1n) is 13.3. The molecule has 0 unspecified atom stereocenters. The van der Waals surface area contributed by atoms with E-state index in [1.807, 2.05) is 0 Å². The summed E-state index contributed by atoms with van der Waals surface area (Å²) in [7, 11) is -4.30. The number of rotatable bonds is 7. The zero-order chi connectivity index (χ0) is 30.9. The van der Waals surface area contributed by atoms with Crippen LogP contribution in [0.15, 0.2) is 65.7 Å². The van der Waals surface area contributed by atoms with Crippen LogP contribution in [0.25, 0.3) is 16.7 Å². The summed E-state index contributed by atoms with van der Waals surface area (Å²) < 4.78 is 41.1. The number of morpholine rings is 1. The molecule has 0 spiro atoms. The zero-order valence-corrected chi connectivity index (χ0v) is 26.0. The molecular weight excluding hydrogens is 617 g/mol. The minimum atomic E-state index is -4.30. The van der Waals surface area contributed by atoms with Crippen molar-refractivity contribution in [2.24, 2.45) is 0 Å². The van der Waals surface area contributed by atoms with Crippen LogP contribution in [-0.2, 0) is 24.3 Å². The molecule has 1 aliphatic heterocycles. The average molecular weight is 647 g/mol. The van der Waals surface area contributed by atoms with E-state index in [2.05, 4.69) is 10.2 Å². The van der Waals surface area contributed by atoms with Gasteiger partial charge in [0.15, 0.2) is 11.5 Å². The van der Waals surface area contributed by atoms with Crippen molar-refractivity contribution in [2.75, 3.05) is 37.2 Å². The van der Waals surface area contributed by atoms with Crippen molar-refractivity contribution in [3.8, 4) is 5.82 Å². The normalized spacial score (nSPS) is 14.1. The van der Waals surface area contributed by atoms with Gasteiger partial charge in [-0.05, 0) is 75.4 Å². The number of halogens is 2. The summed E-state index contributed by atoms with van der Waals surface area (Å²) in [6.45, 7) is 6.47. The van der Waals surface area contributed by atoms with Crippen LogP contribution in [0.5, 0.6) is 0 Å². The molecule has 2 aromatic carbocycles. The Morgan fingerprint density at radius 1 is 0.977 bits per heavy atom. The number of aromatic nitrogens is 3. The van der Waals surface area contributed by atoms with Gasteiger partial charge in [-0.25, -0.2) is 8.42 Å². The first-order valence-corrected chi connectivity index (χ1v) is 15.5. The molecule has 0 atom stereocenters. The van der Waals surface area contributed by atoms with Crippen molar-refractivity contribution in [1.82, 2.24) is 19.7 Å². The number of carbonyl (C=O) groups is 2. The van der Waals surface area contributed by atoms with E-state index in [1.165, 1.54) is 18.2 Å². The van der Waals surface area contributed by atoms with Gasteiger partial charge in [-0.3, -0.25) is 18.5 Å². The molecule has 4 aromatic rings. The minimum absolute atomic E-state index is 0.134. The number of carbonyl (C=O) groups excluding carboxylic acids is 2. The highest BCUT2D eigenvalue weighted by molar-refractivity contribution is 7.92. The first-order chi connectivity index (χ1) is 20.3. The fraction of sp³-hybridized carbons (Fsp3) is 0.310. The Morgan fingerprint density at radius 2 is 1.67 bits per heavy atom. The number of ether oxygens (including phenoxy) is 2. The van der Waals surface area contributed by atoms with Crippen LogP contribution in [0.2, 0.25) is 10.0 Å². The Kier molecular flexibility index (Phi) is 8.66. The van der Waals surface area contributed by atoms with Gasteiger partial charge in [-0.2, -0.15) is 0 Å². The monoisotopic (exact) mass is 645 g/mol. The van der Waals surface area contributed by atoms with E-state index >= 15 is 0 Å². The predicted octanol–water partition coefficient (Wildman–Crippen LogP) is 4.74. The Balaban J connectivity index is 1.48. The van der Waals surface area contributed by atoms with Crippen LogP contribution in [-0.4, -0.2) is 78.4 Å². The highest BCUT2D eigenvalue weighted by Crippen LogP contribution is 2.31. The van der Waals surface area contributed by atoms with E-state index in [4.69, 9.17) is 32.7 Å². The average Bonchev–Trinajstić information content (AvgIpc) is 3.38. The number of hydrogen-bond acceptors (Lipinski definition) is 8. The third-order valence-electron chi connectivity index (χ3n) is 6.49. The Labute approximate surface area is 258 Å². The fourth-order valence-electron chi connectivity index (χ4n) is 4.59. The Morgan fingerprint density at radius 3 is 2.30 bits per heavy atom. The predicted molar refractivity (Wildman–Crippen MR) is 162 cm³/mol. The minimum Gasteiger partial charge on any atom is -0.459 e. The lowest BCUT2D eigenvalue weighted by molar-refractivity contribution is -0.152. The molecule has 14 heteroatoms. The zero-order valence-electron chi connectivity index (χ0n) is 23.7. The second-order valence-corrected chi connectivity index (χ2v) is 13.5. The van der Waals surface area contributed by atoms with Crippen molar-refractivity contribution >= 4 is 61.7 Å². The summed E-state index contributed by atoms with van der Waals surface area (Å²) >= 11 is 12.2. The van der Waals surface area contributed by atoms with Crippen LogP contribution >= 0.6 is 23.2 Å². The van der Waals surface area contributed by atoms with Crippen LogP contribution in [0, 0.1) is 0 Å². The van der Waals surface area contributed by atoms with Crippen molar-refractivity contribution in [3.63, 3.8) is 0 Å². The van der Waals surface area contributed by atoms with Gasteiger partial charge in [0.25, 0.3) is 15.9 Å². The molecule has 0 bridgehead atoms. The van der Waals surface area contributed by atoms with E-state index in [-0.39, 0.29) is 32.2 Å². The molecule has 0 N–H and O–H groups in total. The lowest BCUT2D eigenvalue weighted by Crippen LogP contribution is -2.41. The van der Waals surface area contributed by atoms with Gasteiger partial charge in [0.2, 0.25) is 0 Å². The summed E-state index contributed by atoms with van der Waals surface area (Å²) in [4.78, 5) is 27.1.